The Morgan fingerprint density at radius 1 is 0.971 bits per heavy atom. The molecule has 0 saturated heterocycles. The van der Waals surface area contributed by atoms with Crippen LogP contribution in [0.15, 0.2) is 71.6 Å². The minimum Gasteiger partial charge on any atom is -0.363 e. The molecule has 35 heavy (non-hydrogen) atoms. The fourth-order valence-electron chi connectivity index (χ4n) is 4.25. The molecule has 0 fully saturated rings. The zero-order chi connectivity index (χ0) is 25.1. The van der Waals surface area contributed by atoms with Crippen molar-refractivity contribution in [1.82, 2.24) is 5.32 Å². The van der Waals surface area contributed by atoms with Crippen LogP contribution in [0.5, 0.6) is 0 Å². The summed E-state index contributed by atoms with van der Waals surface area (Å²) in [6.45, 7) is 1.80. The lowest BCUT2D eigenvalue weighted by atomic mass is 9.90. The number of carbonyl (C=O) groups is 1. The van der Waals surface area contributed by atoms with Gasteiger partial charge in [0, 0.05) is 16.1 Å². The van der Waals surface area contributed by atoms with Crippen molar-refractivity contribution < 1.29 is 27.1 Å². The summed E-state index contributed by atoms with van der Waals surface area (Å²) in [5.41, 5.74) is -2.30. The number of hydrogen-bond acceptors (Lipinski definition) is 4. The molecule has 1 aliphatic heterocycles. The summed E-state index contributed by atoms with van der Waals surface area (Å²) in [6, 6.07) is 14.3. The molecule has 5 rings (SSSR count). The van der Waals surface area contributed by atoms with Gasteiger partial charge in [0.1, 0.15) is 11.6 Å². The number of sulfonamides is 1. The average molecular weight is 515 g/mol. The van der Waals surface area contributed by atoms with E-state index in [9.17, 15) is 27.1 Å². The van der Waals surface area contributed by atoms with Crippen molar-refractivity contribution in [3.05, 3.63) is 106 Å². The maximum Gasteiger partial charge on any atom is 0.261 e. The lowest BCUT2D eigenvalue weighted by Gasteiger charge is -2.28. The molecular weight excluding hydrogens is 498 g/mol. The van der Waals surface area contributed by atoms with Crippen LogP contribution in [0.4, 0.5) is 14.5 Å². The average Bonchev–Trinajstić information content (AvgIpc) is 3.08. The van der Waals surface area contributed by atoms with Gasteiger partial charge >= 0.3 is 0 Å². The quantitative estimate of drug-likeness (QED) is 0.364. The van der Waals surface area contributed by atoms with Crippen molar-refractivity contribution in [2.45, 2.75) is 17.5 Å². The molecule has 1 heterocycles. The summed E-state index contributed by atoms with van der Waals surface area (Å²) in [5, 5.41) is 14.5. The molecule has 0 bridgehead atoms. The molecular formula is C25H17ClF2N2O4S. The highest BCUT2D eigenvalue weighted by atomic mass is 35.5. The molecule has 4 aromatic carbocycles. The first-order valence-electron chi connectivity index (χ1n) is 10.4. The number of carbonyl (C=O) groups excluding carboxylic acids is 1. The number of anilines is 1. The van der Waals surface area contributed by atoms with Gasteiger partial charge in [0.15, 0.2) is 5.72 Å². The number of aliphatic hydroxyl groups is 1. The van der Waals surface area contributed by atoms with E-state index in [1.54, 1.807) is 19.1 Å². The zero-order valence-electron chi connectivity index (χ0n) is 18.1. The van der Waals surface area contributed by atoms with Gasteiger partial charge in [-0.3, -0.25) is 9.52 Å². The molecule has 1 unspecified atom stereocenters. The number of aryl methyl sites for hydroxylation is 1. The van der Waals surface area contributed by atoms with Gasteiger partial charge in [-0.2, -0.15) is 0 Å². The van der Waals surface area contributed by atoms with E-state index in [1.807, 2.05) is 0 Å². The van der Waals surface area contributed by atoms with Crippen LogP contribution in [0.25, 0.3) is 10.8 Å². The van der Waals surface area contributed by atoms with Crippen LogP contribution in [-0.2, 0) is 15.7 Å². The Kier molecular flexibility index (Phi) is 5.32. The Morgan fingerprint density at radius 3 is 2.34 bits per heavy atom. The van der Waals surface area contributed by atoms with Crippen LogP contribution < -0.4 is 10.0 Å². The van der Waals surface area contributed by atoms with Crippen LogP contribution in [0.3, 0.4) is 0 Å². The molecule has 3 N–H and O–H groups in total. The molecule has 0 spiro atoms. The lowest BCUT2D eigenvalue weighted by Crippen LogP contribution is -2.41. The van der Waals surface area contributed by atoms with E-state index in [2.05, 4.69) is 10.0 Å². The molecule has 1 aliphatic rings. The fraction of sp³-hybridized carbons (Fsp3) is 0.0800. The van der Waals surface area contributed by atoms with Gasteiger partial charge in [0.05, 0.1) is 16.1 Å². The summed E-state index contributed by atoms with van der Waals surface area (Å²) in [5.74, 6) is -2.19. The summed E-state index contributed by atoms with van der Waals surface area (Å²) in [4.78, 5) is 13.0. The first kappa shape index (κ1) is 23.2. The van der Waals surface area contributed by atoms with Crippen molar-refractivity contribution in [2.75, 3.05) is 4.72 Å². The van der Waals surface area contributed by atoms with E-state index in [-0.39, 0.29) is 37.7 Å². The number of fused-ring (bicyclic) bond motifs is 3. The van der Waals surface area contributed by atoms with Crippen LogP contribution in [0.1, 0.15) is 27.0 Å². The molecule has 4 aromatic rings. The SMILES string of the molecule is Cc1ccc(S(=O)(=O)Nc2cc3ccc(F)cc3c3c2C(O)(c2cc(F)ccc2Cl)NC3=O)cc1. The number of hydrogen-bond donors (Lipinski definition) is 3. The number of halogens is 3. The van der Waals surface area contributed by atoms with Crippen molar-refractivity contribution in [2.24, 2.45) is 0 Å². The first-order chi connectivity index (χ1) is 16.5. The van der Waals surface area contributed by atoms with Crippen LogP contribution in [0.2, 0.25) is 5.02 Å². The van der Waals surface area contributed by atoms with E-state index >= 15 is 0 Å². The Bertz CT molecular complexity index is 1640. The third kappa shape index (κ3) is 3.81. The van der Waals surface area contributed by atoms with E-state index in [0.717, 1.165) is 29.8 Å². The largest absolute Gasteiger partial charge is 0.363 e. The summed E-state index contributed by atoms with van der Waals surface area (Å²) in [6.07, 6.45) is 0. The number of nitrogens with one attached hydrogen (secondary N) is 2. The minimum atomic E-state index is -4.18. The normalized spacial score (nSPS) is 17.3. The van der Waals surface area contributed by atoms with Gasteiger partial charge in [-0.25, -0.2) is 17.2 Å². The van der Waals surface area contributed by atoms with Crippen LogP contribution in [-0.4, -0.2) is 19.4 Å². The van der Waals surface area contributed by atoms with Gasteiger partial charge in [-0.05, 0) is 66.2 Å². The van der Waals surface area contributed by atoms with Crippen molar-refractivity contribution in [3.8, 4) is 0 Å². The highest BCUT2D eigenvalue weighted by Crippen LogP contribution is 2.45. The summed E-state index contributed by atoms with van der Waals surface area (Å²) < 4.78 is 57.1. The zero-order valence-corrected chi connectivity index (χ0v) is 19.6. The third-order valence-electron chi connectivity index (χ3n) is 5.88. The maximum atomic E-state index is 14.1. The number of benzene rings is 4. The number of rotatable bonds is 4. The van der Waals surface area contributed by atoms with Gasteiger partial charge < -0.3 is 10.4 Å². The highest BCUT2D eigenvalue weighted by Gasteiger charge is 2.47. The first-order valence-corrected chi connectivity index (χ1v) is 12.2. The molecule has 1 atom stereocenters. The van der Waals surface area contributed by atoms with Gasteiger partial charge in [-0.1, -0.05) is 35.4 Å². The second-order valence-electron chi connectivity index (χ2n) is 8.25. The minimum absolute atomic E-state index is 0.0549. The Hall–Kier alpha value is -3.53. The second kappa shape index (κ2) is 8.01. The summed E-state index contributed by atoms with van der Waals surface area (Å²) >= 11 is 6.24. The number of amides is 1. The van der Waals surface area contributed by atoms with E-state index in [4.69, 9.17) is 11.6 Å². The third-order valence-corrected chi connectivity index (χ3v) is 7.59. The molecule has 178 valence electrons. The van der Waals surface area contributed by atoms with Crippen LogP contribution in [0, 0.1) is 18.6 Å². The van der Waals surface area contributed by atoms with Crippen molar-refractivity contribution in [3.63, 3.8) is 0 Å². The highest BCUT2D eigenvalue weighted by molar-refractivity contribution is 7.92. The predicted molar refractivity (Wildman–Crippen MR) is 128 cm³/mol. The Balaban J connectivity index is 1.81. The van der Waals surface area contributed by atoms with Crippen LogP contribution >= 0.6 is 11.6 Å². The molecule has 0 radical (unpaired) electrons. The van der Waals surface area contributed by atoms with E-state index in [1.165, 1.54) is 30.3 Å². The maximum absolute atomic E-state index is 14.1. The molecule has 0 aromatic heterocycles. The molecule has 0 saturated carbocycles. The smallest absolute Gasteiger partial charge is 0.261 e. The molecule has 1 amide bonds. The van der Waals surface area contributed by atoms with Crippen molar-refractivity contribution >= 4 is 44.0 Å². The van der Waals surface area contributed by atoms with E-state index in [0.29, 0.717) is 5.39 Å². The molecule has 0 aliphatic carbocycles. The topological polar surface area (TPSA) is 95.5 Å². The van der Waals surface area contributed by atoms with Crippen molar-refractivity contribution in [1.29, 1.82) is 0 Å². The predicted octanol–water partition coefficient (Wildman–Crippen LogP) is 4.82. The monoisotopic (exact) mass is 514 g/mol. The van der Waals surface area contributed by atoms with Gasteiger partial charge in [0.2, 0.25) is 0 Å². The van der Waals surface area contributed by atoms with E-state index < -0.39 is 33.3 Å². The van der Waals surface area contributed by atoms with Gasteiger partial charge in [0.25, 0.3) is 15.9 Å². The Morgan fingerprint density at radius 2 is 1.63 bits per heavy atom. The van der Waals surface area contributed by atoms with Gasteiger partial charge in [-0.15, -0.1) is 0 Å². The molecule has 6 nitrogen and oxygen atoms in total. The summed E-state index contributed by atoms with van der Waals surface area (Å²) in [7, 11) is -4.18. The molecule has 10 heteroatoms. The fourth-order valence-corrected chi connectivity index (χ4v) is 5.56. The standard InChI is InChI=1S/C25H17ClF2N2O4S/c1-13-2-7-17(8-3-13)35(33,34)30-21-10-14-4-5-15(27)11-18(14)22-23(21)25(32,29-24(22)31)19-12-16(28)6-9-20(19)26/h2-12,30,32H,1H3,(H,29,31). The second-order valence-corrected chi connectivity index (χ2v) is 10.3. The Labute approximate surface area is 204 Å². The lowest BCUT2D eigenvalue weighted by molar-refractivity contribution is 0.0479.